The normalized spacial score (nSPS) is 10.3. The molecule has 0 bridgehead atoms. The molecule has 0 fully saturated rings. The van der Waals surface area contributed by atoms with Crippen LogP contribution in [0.2, 0.25) is 0 Å². The first-order chi connectivity index (χ1) is 7.27. The molecule has 2 nitrogen and oxygen atoms in total. The number of carbonyl (C=O) groups excluding carboxylic acids is 1. The zero-order chi connectivity index (χ0) is 11.1. The van der Waals surface area contributed by atoms with E-state index in [-0.39, 0.29) is 5.91 Å². The van der Waals surface area contributed by atoms with Crippen molar-refractivity contribution in [3.63, 3.8) is 0 Å². The van der Waals surface area contributed by atoms with Crippen LogP contribution in [0.3, 0.4) is 0 Å². The second-order valence-electron chi connectivity index (χ2n) is 3.14. The van der Waals surface area contributed by atoms with Gasteiger partial charge < -0.3 is 4.90 Å². The fourth-order valence-corrected chi connectivity index (χ4v) is 3.07. The van der Waals surface area contributed by atoms with Gasteiger partial charge in [0.25, 0.3) is 0 Å². The van der Waals surface area contributed by atoms with Crippen molar-refractivity contribution in [1.82, 2.24) is 4.90 Å². The van der Waals surface area contributed by atoms with Gasteiger partial charge in [-0.05, 0) is 25.3 Å². The van der Waals surface area contributed by atoms with Gasteiger partial charge in [-0.1, -0.05) is 6.07 Å². The molecular weight excluding hydrogens is 226 g/mol. The number of thioether (sulfide) groups is 1. The average Bonchev–Trinajstić information content (AvgIpc) is 2.72. The van der Waals surface area contributed by atoms with Gasteiger partial charge in [-0.3, -0.25) is 4.79 Å². The monoisotopic (exact) mass is 243 g/mol. The molecule has 0 aliphatic heterocycles. The molecule has 1 amide bonds. The van der Waals surface area contributed by atoms with Crippen molar-refractivity contribution >= 4 is 29.0 Å². The summed E-state index contributed by atoms with van der Waals surface area (Å²) in [5, 5.41) is 2.07. The molecule has 1 aromatic rings. The molecule has 4 heteroatoms. The molecular formula is C11H17NOS2. The van der Waals surface area contributed by atoms with Crippen molar-refractivity contribution in [3.05, 3.63) is 22.4 Å². The van der Waals surface area contributed by atoms with E-state index in [4.69, 9.17) is 0 Å². The van der Waals surface area contributed by atoms with Gasteiger partial charge in [0.1, 0.15) is 0 Å². The Kier molecular flexibility index (Phi) is 5.79. The maximum absolute atomic E-state index is 11.6. The topological polar surface area (TPSA) is 20.3 Å². The minimum absolute atomic E-state index is 0.251. The van der Waals surface area contributed by atoms with Crippen molar-refractivity contribution < 1.29 is 4.79 Å². The van der Waals surface area contributed by atoms with E-state index in [0.29, 0.717) is 5.75 Å². The van der Waals surface area contributed by atoms with Crippen LogP contribution in [0.4, 0.5) is 0 Å². The van der Waals surface area contributed by atoms with Crippen molar-refractivity contribution in [2.45, 2.75) is 19.6 Å². The molecule has 1 heterocycles. The molecule has 0 unspecified atom stereocenters. The molecule has 84 valence electrons. The number of thiophene rings is 1. The van der Waals surface area contributed by atoms with Gasteiger partial charge in [-0.25, -0.2) is 0 Å². The largest absolute Gasteiger partial charge is 0.343 e. The fourth-order valence-electron chi connectivity index (χ4n) is 1.30. The Morgan fingerprint density at radius 3 is 2.73 bits per heavy atom. The molecule has 0 aromatic carbocycles. The zero-order valence-corrected chi connectivity index (χ0v) is 10.9. The summed E-state index contributed by atoms with van der Waals surface area (Å²) in [6, 6.07) is 4.16. The van der Waals surface area contributed by atoms with Gasteiger partial charge in [0.05, 0.1) is 5.75 Å². The van der Waals surface area contributed by atoms with Gasteiger partial charge in [0, 0.05) is 23.7 Å². The third kappa shape index (κ3) is 4.26. The summed E-state index contributed by atoms with van der Waals surface area (Å²) in [7, 11) is 0. The number of nitrogens with zero attached hydrogens (tertiary/aromatic N) is 1. The molecule has 0 atom stereocenters. The van der Waals surface area contributed by atoms with E-state index in [9.17, 15) is 4.79 Å². The third-order valence-electron chi connectivity index (χ3n) is 2.17. The van der Waals surface area contributed by atoms with E-state index in [0.717, 1.165) is 18.8 Å². The maximum atomic E-state index is 11.6. The highest BCUT2D eigenvalue weighted by Crippen LogP contribution is 2.17. The second kappa shape index (κ2) is 6.90. The highest BCUT2D eigenvalue weighted by molar-refractivity contribution is 7.99. The Labute approximate surface area is 99.7 Å². The van der Waals surface area contributed by atoms with E-state index in [1.807, 2.05) is 24.8 Å². The first-order valence-corrected chi connectivity index (χ1v) is 7.19. The van der Waals surface area contributed by atoms with Gasteiger partial charge in [0.15, 0.2) is 0 Å². The Morgan fingerprint density at radius 2 is 2.20 bits per heavy atom. The molecule has 0 aliphatic carbocycles. The van der Waals surface area contributed by atoms with Crippen LogP contribution in [-0.4, -0.2) is 29.6 Å². The van der Waals surface area contributed by atoms with Crippen LogP contribution in [0.1, 0.15) is 18.7 Å². The smallest absolute Gasteiger partial charge is 0.232 e. The molecule has 1 aromatic heterocycles. The lowest BCUT2D eigenvalue weighted by atomic mass is 10.5. The van der Waals surface area contributed by atoms with Crippen LogP contribution in [0, 0.1) is 0 Å². The third-order valence-corrected chi connectivity index (χ3v) is 4.19. The molecule has 1 rings (SSSR count). The van der Waals surface area contributed by atoms with E-state index in [1.165, 1.54) is 4.88 Å². The molecule has 0 aliphatic rings. The van der Waals surface area contributed by atoms with Gasteiger partial charge in [0.2, 0.25) is 5.91 Å². The van der Waals surface area contributed by atoms with E-state index in [1.54, 1.807) is 23.1 Å². The summed E-state index contributed by atoms with van der Waals surface area (Å²) < 4.78 is 0. The first-order valence-electron chi connectivity index (χ1n) is 5.15. The lowest BCUT2D eigenvalue weighted by molar-refractivity contribution is -0.127. The summed E-state index contributed by atoms with van der Waals surface area (Å²) in [6.45, 7) is 5.67. The van der Waals surface area contributed by atoms with Crippen molar-refractivity contribution in [2.24, 2.45) is 0 Å². The Hall–Kier alpha value is -0.480. The Morgan fingerprint density at radius 1 is 1.47 bits per heavy atom. The van der Waals surface area contributed by atoms with Crippen LogP contribution in [0.25, 0.3) is 0 Å². The highest BCUT2D eigenvalue weighted by Gasteiger charge is 2.08. The van der Waals surface area contributed by atoms with E-state index < -0.39 is 0 Å². The second-order valence-corrected chi connectivity index (χ2v) is 5.16. The average molecular weight is 243 g/mol. The van der Waals surface area contributed by atoms with Crippen molar-refractivity contribution in [3.8, 4) is 0 Å². The summed E-state index contributed by atoms with van der Waals surface area (Å²) in [5.74, 6) is 1.80. The Bertz CT molecular complexity index is 281. The standard InChI is InChI=1S/C11H17NOS2/c1-3-12(4-2)11(13)9-14-8-10-6-5-7-15-10/h5-7H,3-4,8-9H2,1-2H3. The maximum Gasteiger partial charge on any atom is 0.232 e. The summed E-state index contributed by atoms with van der Waals surface area (Å²) in [6.07, 6.45) is 0. The van der Waals surface area contributed by atoms with E-state index >= 15 is 0 Å². The number of amides is 1. The predicted octanol–water partition coefficient (Wildman–Crippen LogP) is 2.85. The van der Waals surface area contributed by atoms with Crippen LogP contribution < -0.4 is 0 Å². The fraction of sp³-hybridized carbons (Fsp3) is 0.545. The Balaban J connectivity index is 2.22. The van der Waals surface area contributed by atoms with Crippen molar-refractivity contribution in [2.75, 3.05) is 18.8 Å². The first kappa shape index (κ1) is 12.6. The van der Waals surface area contributed by atoms with Crippen LogP contribution in [0.15, 0.2) is 17.5 Å². The summed E-state index contributed by atoms with van der Waals surface area (Å²) >= 11 is 3.45. The zero-order valence-electron chi connectivity index (χ0n) is 9.23. The molecule has 0 saturated heterocycles. The molecule has 0 saturated carbocycles. The minimum atomic E-state index is 0.251. The highest BCUT2D eigenvalue weighted by atomic mass is 32.2. The molecule has 0 radical (unpaired) electrons. The number of hydrogen-bond acceptors (Lipinski definition) is 3. The quantitative estimate of drug-likeness (QED) is 0.766. The lowest BCUT2D eigenvalue weighted by Crippen LogP contribution is -2.31. The number of rotatable bonds is 6. The van der Waals surface area contributed by atoms with Crippen LogP contribution >= 0.6 is 23.1 Å². The number of hydrogen-bond donors (Lipinski definition) is 0. The molecule has 0 N–H and O–H groups in total. The van der Waals surface area contributed by atoms with Gasteiger partial charge in [-0.15, -0.1) is 23.1 Å². The molecule has 0 spiro atoms. The van der Waals surface area contributed by atoms with Gasteiger partial charge >= 0.3 is 0 Å². The summed E-state index contributed by atoms with van der Waals surface area (Å²) in [5.41, 5.74) is 0. The number of carbonyl (C=O) groups is 1. The summed E-state index contributed by atoms with van der Waals surface area (Å²) in [4.78, 5) is 14.9. The minimum Gasteiger partial charge on any atom is -0.343 e. The molecule has 15 heavy (non-hydrogen) atoms. The van der Waals surface area contributed by atoms with Gasteiger partial charge in [-0.2, -0.15) is 0 Å². The van der Waals surface area contributed by atoms with Crippen LogP contribution in [-0.2, 0) is 10.5 Å². The SMILES string of the molecule is CCN(CC)C(=O)CSCc1cccs1. The predicted molar refractivity (Wildman–Crippen MR) is 68.4 cm³/mol. The lowest BCUT2D eigenvalue weighted by Gasteiger charge is -2.17. The van der Waals surface area contributed by atoms with Crippen molar-refractivity contribution in [1.29, 1.82) is 0 Å². The van der Waals surface area contributed by atoms with E-state index in [2.05, 4.69) is 11.4 Å². The van der Waals surface area contributed by atoms with Crippen LogP contribution in [0.5, 0.6) is 0 Å².